The Bertz CT molecular complexity index is 356. The van der Waals surface area contributed by atoms with Crippen LogP contribution in [0.2, 0.25) is 0 Å². The van der Waals surface area contributed by atoms with Gasteiger partial charge in [-0.3, -0.25) is 9.59 Å². The van der Waals surface area contributed by atoms with E-state index in [0.29, 0.717) is 19.3 Å². The number of carboxylic acids is 1. The van der Waals surface area contributed by atoms with Crippen molar-refractivity contribution in [3.63, 3.8) is 0 Å². The molecule has 2 aliphatic carbocycles. The Kier molecular flexibility index (Phi) is 3.50. The molecule has 0 heterocycles. The van der Waals surface area contributed by atoms with Gasteiger partial charge in [0.2, 0.25) is 5.91 Å². The van der Waals surface area contributed by atoms with Crippen molar-refractivity contribution in [2.45, 2.75) is 44.9 Å². The number of amides is 1. The summed E-state index contributed by atoms with van der Waals surface area (Å²) >= 11 is 0. The lowest BCUT2D eigenvalue weighted by Gasteiger charge is -2.14. The monoisotopic (exact) mass is 237 g/mol. The average Bonchev–Trinajstić information content (AvgIpc) is 3.09. The Labute approximate surface area is 101 Å². The van der Waals surface area contributed by atoms with Crippen LogP contribution in [0.5, 0.6) is 0 Å². The Hall–Kier alpha value is -1.32. The summed E-state index contributed by atoms with van der Waals surface area (Å²) in [5, 5.41) is 11.7. The molecule has 0 atom stereocenters. The number of nitrogens with one attached hydrogen (secondary N) is 1. The van der Waals surface area contributed by atoms with E-state index in [9.17, 15) is 9.59 Å². The molecule has 0 saturated heterocycles. The van der Waals surface area contributed by atoms with E-state index in [4.69, 9.17) is 5.11 Å². The van der Waals surface area contributed by atoms with Crippen molar-refractivity contribution in [3.8, 4) is 0 Å². The second-order valence-corrected chi connectivity index (χ2v) is 5.15. The summed E-state index contributed by atoms with van der Waals surface area (Å²) in [4.78, 5) is 22.6. The van der Waals surface area contributed by atoms with E-state index in [1.807, 2.05) is 0 Å². The van der Waals surface area contributed by atoms with E-state index < -0.39 is 11.4 Å². The van der Waals surface area contributed by atoms with Gasteiger partial charge in [0.05, 0.1) is 5.41 Å². The van der Waals surface area contributed by atoms with E-state index in [0.717, 1.165) is 19.3 Å². The molecule has 1 fully saturated rings. The number of aliphatic carboxylic acids is 1. The van der Waals surface area contributed by atoms with Gasteiger partial charge in [-0.2, -0.15) is 0 Å². The van der Waals surface area contributed by atoms with Gasteiger partial charge in [-0.05, 0) is 38.5 Å². The molecule has 2 aliphatic rings. The fourth-order valence-corrected chi connectivity index (χ4v) is 2.22. The van der Waals surface area contributed by atoms with Crippen LogP contribution < -0.4 is 5.32 Å². The van der Waals surface area contributed by atoms with Crippen molar-refractivity contribution in [2.75, 3.05) is 6.54 Å². The summed E-state index contributed by atoms with van der Waals surface area (Å²) in [5.41, 5.74) is 0.547. The molecule has 2 rings (SSSR count). The zero-order chi connectivity index (χ0) is 12.3. The molecule has 0 bridgehead atoms. The molecule has 2 N–H and O–H groups in total. The van der Waals surface area contributed by atoms with E-state index >= 15 is 0 Å². The summed E-state index contributed by atoms with van der Waals surface area (Å²) in [6.45, 7) is 0.286. The maximum atomic E-state index is 11.7. The van der Waals surface area contributed by atoms with Gasteiger partial charge in [0.1, 0.15) is 0 Å². The molecule has 0 aliphatic heterocycles. The molecule has 1 amide bonds. The minimum absolute atomic E-state index is 0.0364. The van der Waals surface area contributed by atoms with Crippen molar-refractivity contribution < 1.29 is 14.7 Å². The SMILES string of the molecule is O=C(CC1=CCCCC1)NCC1(C(=O)O)CC1. The maximum Gasteiger partial charge on any atom is 0.311 e. The maximum absolute atomic E-state index is 11.7. The van der Waals surface area contributed by atoms with Gasteiger partial charge >= 0.3 is 5.97 Å². The summed E-state index contributed by atoms with van der Waals surface area (Å²) in [5.74, 6) is -0.819. The zero-order valence-corrected chi connectivity index (χ0v) is 10.00. The molecular formula is C13H19NO3. The fraction of sp³-hybridized carbons (Fsp3) is 0.692. The van der Waals surface area contributed by atoms with Crippen molar-refractivity contribution >= 4 is 11.9 Å². The first-order valence-corrected chi connectivity index (χ1v) is 6.30. The van der Waals surface area contributed by atoms with Gasteiger partial charge in [-0.25, -0.2) is 0 Å². The first-order valence-electron chi connectivity index (χ1n) is 6.30. The van der Waals surface area contributed by atoms with Crippen molar-refractivity contribution in [1.29, 1.82) is 0 Å². The van der Waals surface area contributed by atoms with Gasteiger partial charge in [-0.1, -0.05) is 11.6 Å². The summed E-state index contributed by atoms with van der Waals surface area (Å²) < 4.78 is 0. The lowest BCUT2D eigenvalue weighted by molar-refractivity contribution is -0.143. The third-order valence-corrected chi connectivity index (χ3v) is 3.70. The van der Waals surface area contributed by atoms with Crippen molar-refractivity contribution in [2.24, 2.45) is 5.41 Å². The molecule has 0 unspecified atom stereocenters. The zero-order valence-electron chi connectivity index (χ0n) is 10.00. The molecule has 0 aromatic heterocycles. The van der Waals surface area contributed by atoms with Gasteiger partial charge in [-0.15, -0.1) is 0 Å². The lowest BCUT2D eigenvalue weighted by atomic mass is 9.97. The van der Waals surface area contributed by atoms with Crippen LogP contribution >= 0.6 is 0 Å². The van der Waals surface area contributed by atoms with Gasteiger partial charge in [0, 0.05) is 13.0 Å². The highest BCUT2D eigenvalue weighted by molar-refractivity contribution is 5.82. The third kappa shape index (κ3) is 3.08. The minimum Gasteiger partial charge on any atom is -0.481 e. The molecule has 17 heavy (non-hydrogen) atoms. The lowest BCUT2D eigenvalue weighted by Crippen LogP contribution is -2.34. The highest BCUT2D eigenvalue weighted by Gasteiger charge is 2.50. The number of rotatable bonds is 5. The highest BCUT2D eigenvalue weighted by atomic mass is 16.4. The van der Waals surface area contributed by atoms with E-state index in [-0.39, 0.29) is 12.5 Å². The van der Waals surface area contributed by atoms with E-state index in [1.54, 1.807) is 0 Å². The standard InChI is InChI=1S/C13H19NO3/c15-11(8-10-4-2-1-3-5-10)14-9-13(6-7-13)12(16)17/h4H,1-3,5-9H2,(H,14,15)(H,16,17). The number of hydrogen-bond acceptors (Lipinski definition) is 2. The molecule has 4 nitrogen and oxygen atoms in total. The molecule has 0 radical (unpaired) electrons. The van der Waals surface area contributed by atoms with Crippen molar-refractivity contribution in [3.05, 3.63) is 11.6 Å². The minimum atomic E-state index is -0.783. The fourth-order valence-electron chi connectivity index (χ4n) is 2.22. The summed E-state index contributed by atoms with van der Waals surface area (Å²) in [7, 11) is 0. The average molecular weight is 237 g/mol. The van der Waals surface area contributed by atoms with Gasteiger partial charge in [0.25, 0.3) is 0 Å². The van der Waals surface area contributed by atoms with E-state index in [2.05, 4.69) is 11.4 Å². The largest absolute Gasteiger partial charge is 0.481 e. The van der Waals surface area contributed by atoms with Crippen LogP contribution in [0.3, 0.4) is 0 Å². The Balaban J connectivity index is 1.74. The van der Waals surface area contributed by atoms with Crippen LogP contribution in [-0.4, -0.2) is 23.5 Å². The van der Waals surface area contributed by atoms with Crippen LogP contribution in [0.25, 0.3) is 0 Å². The predicted molar refractivity (Wildman–Crippen MR) is 63.5 cm³/mol. The smallest absolute Gasteiger partial charge is 0.311 e. The molecule has 0 spiro atoms. The molecule has 1 saturated carbocycles. The van der Waals surface area contributed by atoms with Crippen LogP contribution in [-0.2, 0) is 9.59 Å². The van der Waals surface area contributed by atoms with Crippen LogP contribution in [0.1, 0.15) is 44.9 Å². The normalized spacial score (nSPS) is 21.5. The number of hydrogen-bond donors (Lipinski definition) is 2. The Morgan fingerprint density at radius 2 is 2.12 bits per heavy atom. The van der Waals surface area contributed by atoms with Crippen LogP contribution in [0, 0.1) is 5.41 Å². The second-order valence-electron chi connectivity index (χ2n) is 5.15. The van der Waals surface area contributed by atoms with Crippen molar-refractivity contribution in [1.82, 2.24) is 5.32 Å². The quantitative estimate of drug-likeness (QED) is 0.717. The third-order valence-electron chi connectivity index (χ3n) is 3.70. The first-order chi connectivity index (χ1) is 8.12. The molecule has 0 aromatic carbocycles. The molecule has 0 aromatic rings. The first kappa shape index (κ1) is 12.1. The topological polar surface area (TPSA) is 66.4 Å². The number of allylic oxidation sites excluding steroid dienone is 1. The van der Waals surface area contributed by atoms with Gasteiger partial charge < -0.3 is 10.4 Å². The Morgan fingerprint density at radius 3 is 2.65 bits per heavy atom. The predicted octanol–water partition coefficient (Wildman–Crippen LogP) is 1.86. The highest BCUT2D eigenvalue weighted by Crippen LogP contribution is 2.45. The molecule has 94 valence electrons. The van der Waals surface area contributed by atoms with E-state index in [1.165, 1.54) is 12.0 Å². The van der Waals surface area contributed by atoms with Gasteiger partial charge in [0.15, 0.2) is 0 Å². The molecular weight excluding hydrogens is 218 g/mol. The Morgan fingerprint density at radius 1 is 1.35 bits per heavy atom. The molecule has 4 heteroatoms. The summed E-state index contributed by atoms with van der Waals surface area (Å²) in [6, 6.07) is 0. The number of carboxylic acid groups (broad SMARTS) is 1. The van der Waals surface area contributed by atoms with Crippen LogP contribution in [0.15, 0.2) is 11.6 Å². The summed E-state index contributed by atoms with van der Waals surface area (Å²) in [6.07, 6.45) is 8.42. The second kappa shape index (κ2) is 4.90. The number of carbonyl (C=O) groups excluding carboxylic acids is 1. The van der Waals surface area contributed by atoms with Crippen LogP contribution in [0.4, 0.5) is 0 Å². The number of carbonyl (C=O) groups is 2.